The summed E-state index contributed by atoms with van der Waals surface area (Å²) < 4.78 is 0. The summed E-state index contributed by atoms with van der Waals surface area (Å²) in [6, 6.07) is 16.5. The van der Waals surface area contributed by atoms with Gasteiger partial charge in [0.15, 0.2) is 0 Å². The number of imidazole rings is 1. The van der Waals surface area contributed by atoms with E-state index in [1.165, 1.54) is 11.1 Å². The summed E-state index contributed by atoms with van der Waals surface area (Å²) >= 11 is 0. The van der Waals surface area contributed by atoms with Crippen LogP contribution in [0.15, 0.2) is 48.5 Å². The predicted molar refractivity (Wildman–Crippen MR) is 99.5 cm³/mol. The Morgan fingerprint density at radius 2 is 2.00 bits per heavy atom. The van der Waals surface area contributed by atoms with E-state index in [2.05, 4.69) is 41.2 Å². The van der Waals surface area contributed by atoms with Gasteiger partial charge in [0.2, 0.25) is 5.91 Å². The molecule has 0 unspecified atom stereocenters. The van der Waals surface area contributed by atoms with Gasteiger partial charge in [0.05, 0.1) is 11.0 Å². The molecule has 2 heterocycles. The number of aromatic amines is 1. The number of hydrogen-bond acceptors (Lipinski definition) is 2. The maximum atomic E-state index is 12.6. The summed E-state index contributed by atoms with van der Waals surface area (Å²) in [5.74, 6) is 1.59. The van der Waals surface area contributed by atoms with E-state index in [0.29, 0.717) is 18.8 Å². The summed E-state index contributed by atoms with van der Waals surface area (Å²) in [4.78, 5) is 22.5. The Kier molecular flexibility index (Phi) is 4.26. The molecule has 1 amide bonds. The molecule has 0 aliphatic carbocycles. The van der Waals surface area contributed by atoms with Gasteiger partial charge < -0.3 is 9.88 Å². The third kappa shape index (κ3) is 3.29. The van der Waals surface area contributed by atoms with Gasteiger partial charge in [-0.3, -0.25) is 4.79 Å². The van der Waals surface area contributed by atoms with Crippen LogP contribution in [0, 0.1) is 6.92 Å². The van der Waals surface area contributed by atoms with Crippen molar-refractivity contribution in [1.82, 2.24) is 14.9 Å². The SMILES string of the molecule is Cc1ccccc1[C@@H]1CCN(C(=O)CCc2nc3ccccc3[nH]2)C1. The predicted octanol–water partition coefficient (Wildman–Crippen LogP) is 3.82. The molecule has 4 nitrogen and oxygen atoms in total. The lowest BCUT2D eigenvalue weighted by Crippen LogP contribution is -2.28. The fraction of sp³-hybridized carbons (Fsp3) is 0.333. The number of benzene rings is 2. The molecule has 1 fully saturated rings. The number of H-pyrrole nitrogens is 1. The van der Waals surface area contributed by atoms with E-state index in [4.69, 9.17) is 0 Å². The second-order valence-electron chi connectivity index (χ2n) is 6.88. The average Bonchev–Trinajstić information content (AvgIpc) is 3.27. The summed E-state index contributed by atoms with van der Waals surface area (Å²) in [5.41, 5.74) is 4.70. The van der Waals surface area contributed by atoms with Gasteiger partial charge in [-0.2, -0.15) is 0 Å². The number of hydrogen-bond donors (Lipinski definition) is 1. The van der Waals surface area contributed by atoms with E-state index in [9.17, 15) is 4.79 Å². The van der Waals surface area contributed by atoms with Gasteiger partial charge in [-0.15, -0.1) is 0 Å². The highest BCUT2D eigenvalue weighted by Crippen LogP contribution is 2.29. The Morgan fingerprint density at radius 3 is 2.84 bits per heavy atom. The van der Waals surface area contributed by atoms with Crippen molar-refractivity contribution in [3.63, 3.8) is 0 Å². The second-order valence-corrected chi connectivity index (χ2v) is 6.88. The molecule has 4 heteroatoms. The monoisotopic (exact) mass is 333 g/mol. The molecule has 25 heavy (non-hydrogen) atoms. The van der Waals surface area contributed by atoms with Crippen LogP contribution in [-0.2, 0) is 11.2 Å². The molecule has 1 N–H and O–H groups in total. The van der Waals surface area contributed by atoms with Gasteiger partial charge in [0, 0.05) is 31.8 Å². The van der Waals surface area contributed by atoms with Gasteiger partial charge >= 0.3 is 0 Å². The molecule has 0 radical (unpaired) electrons. The van der Waals surface area contributed by atoms with Crippen molar-refractivity contribution >= 4 is 16.9 Å². The molecule has 1 aliphatic heterocycles. The number of aryl methyl sites for hydroxylation is 2. The number of likely N-dealkylation sites (tertiary alicyclic amines) is 1. The van der Waals surface area contributed by atoms with Crippen LogP contribution in [-0.4, -0.2) is 33.9 Å². The van der Waals surface area contributed by atoms with Crippen LogP contribution in [0.1, 0.15) is 35.7 Å². The number of fused-ring (bicyclic) bond motifs is 1. The number of para-hydroxylation sites is 2. The molecule has 1 atom stereocenters. The number of amides is 1. The fourth-order valence-electron chi connectivity index (χ4n) is 3.79. The molecule has 4 rings (SSSR count). The summed E-state index contributed by atoms with van der Waals surface area (Å²) in [6.45, 7) is 3.85. The quantitative estimate of drug-likeness (QED) is 0.789. The molecular weight excluding hydrogens is 310 g/mol. The lowest BCUT2D eigenvalue weighted by Gasteiger charge is -2.17. The molecule has 0 saturated carbocycles. The number of nitrogens with zero attached hydrogens (tertiary/aromatic N) is 2. The van der Waals surface area contributed by atoms with Crippen molar-refractivity contribution in [2.24, 2.45) is 0 Å². The van der Waals surface area contributed by atoms with Crippen molar-refractivity contribution in [1.29, 1.82) is 0 Å². The molecule has 2 aromatic carbocycles. The summed E-state index contributed by atoms with van der Waals surface area (Å²) in [7, 11) is 0. The molecule has 1 aromatic heterocycles. The maximum Gasteiger partial charge on any atom is 0.223 e. The molecule has 1 aliphatic rings. The van der Waals surface area contributed by atoms with Crippen LogP contribution >= 0.6 is 0 Å². The van der Waals surface area contributed by atoms with Gasteiger partial charge in [-0.25, -0.2) is 4.98 Å². The zero-order valence-electron chi connectivity index (χ0n) is 14.5. The molecule has 0 bridgehead atoms. The topological polar surface area (TPSA) is 49.0 Å². The van der Waals surface area contributed by atoms with E-state index >= 15 is 0 Å². The Bertz CT molecular complexity index is 866. The standard InChI is InChI=1S/C21H23N3O/c1-15-6-2-3-7-17(15)16-12-13-24(14-16)21(25)11-10-20-22-18-8-4-5-9-19(18)23-20/h2-9,16H,10-14H2,1H3,(H,22,23)/t16-/m1/s1. The summed E-state index contributed by atoms with van der Waals surface area (Å²) in [6.07, 6.45) is 2.24. The second kappa shape index (κ2) is 6.71. The highest BCUT2D eigenvalue weighted by atomic mass is 16.2. The average molecular weight is 333 g/mol. The normalized spacial score (nSPS) is 17.3. The van der Waals surface area contributed by atoms with E-state index in [1.807, 2.05) is 29.2 Å². The minimum absolute atomic E-state index is 0.233. The lowest BCUT2D eigenvalue weighted by atomic mass is 9.94. The van der Waals surface area contributed by atoms with Gasteiger partial charge in [-0.1, -0.05) is 36.4 Å². The first-order valence-corrected chi connectivity index (χ1v) is 8.97. The smallest absolute Gasteiger partial charge is 0.223 e. The van der Waals surface area contributed by atoms with Crippen LogP contribution < -0.4 is 0 Å². The van der Waals surface area contributed by atoms with Gasteiger partial charge in [0.25, 0.3) is 0 Å². The molecule has 128 valence electrons. The zero-order valence-corrected chi connectivity index (χ0v) is 14.5. The number of aromatic nitrogens is 2. The minimum Gasteiger partial charge on any atom is -0.342 e. The van der Waals surface area contributed by atoms with Crippen molar-refractivity contribution < 1.29 is 4.79 Å². The first-order valence-electron chi connectivity index (χ1n) is 8.97. The Balaban J connectivity index is 1.36. The fourth-order valence-corrected chi connectivity index (χ4v) is 3.79. The highest BCUT2D eigenvalue weighted by Gasteiger charge is 2.27. The minimum atomic E-state index is 0.233. The first kappa shape index (κ1) is 15.9. The zero-order chi connectivity index (χ0) is 17.2. The molecular formula is C21H23N3O. The van der Waals surface area contributed by atoms with Gasteiger partial charge in [-0.05, 0) is 36.6 Å². The molecule has 0 spiro atoms. The van der Waals surface area contributed by atoms with E-state index < -0.39 is 0 Å². The van der Waals surface area contributed by atoms with Crippen molar-refractivity contribution in [2.75, 3.05) is 13.1 Å². The van der Waals surface area contributed by atoms with Crippen molar-refractivity contribution in [3.05, 3.63) is 65.5 Å². The maximum absolute atomic E-state index is 12.6. The number of rotatable bonds is 4. The van der Waals surface area contributed by atoms with E-state index in [1.54, 1.807) is 0 Å². The lowest BCUT2D eigenvalue weighted by molar-refractivity contribution is -0.130. The van der Waals surface area contributed by atoms with Crippen LogP contribution in [0.3, 0.4) is 0 Å². The van der Waals surface area contributed by atoms with E-state index in [0.717, 1.165) is 36.4 Å². The van der Waals surface area contributed by atoms with Crippen LogP contribution in [0.2, 0.25) is 0 Å². The van der Waals surface area contributed by atoms with Crippen molar-refractivity contribution in [3.8, 4) is 0 Å². The van der Waals surface area contributed by atoms with E-state index in [-0.39, 0.29) is 5.91 Å². The van der Waals surface area contributed by atoms with Crippen LogP contribution in [0.25, 0.3) is 11.0 Å². The van der Waals surface area contributed by atoms with Gasteiger partial charge in [0.1, 0.15) is 5.82 Å². The molecule has 1 saturated heterocycles. The number of carbonyl (C=O) groups is 1. The Hall–Kier alpha value is -2.62. The molecule has 3 aromatic rings. The van der Waals surface area contributed by atoms with Crippen molar-refractivity contribution in [2.45, 2.75) is 32.1 Å². The van der Waals surface area contributed by atoms with Crippen LogP contribution in [0.4, 0.5) is 0 Å². The highest BCUT2D eigenvalue weighted by molar-refractivity contribution is 5.77. The summed E-state index contributed by atoms with van der Waals surface area (Å²) in [5, 5.41) is 0. The first-order chi connectivity index (χ1) is 12.2. The third-order valence-electron chi connectivity index (χ3n) is 5.18. The Morgan fingerprint density at radius 1 is 1.20 bits per heavy atom. The Labute approximate surface area is 147 Å². The third-order valence-corrected chi connectivity index (χ3v) is 5.18. The largest absolute Gasteiger partial charge is 0.342 e. The number of nitrogens with one attached hydrogen (secondary N) is 1. The number of carbonyl (C=O) groups excluding carboxylic acids is 1. The van der Waals surface area contributed by atoms with Crippen LogP contribution in [0.5, 0.6) is 0 Å².